The first kappa shape index (κ1) is 12.9. The van der Waals surface area contributed by atoms with Gasteiger partial charge in [0.1, 0.15) is 12.2 Å². The summed E-state index contributed by atoms with van der Waals surface area (Å²) < 4.78 is 10.8. The summed E-state index contributed by atoms with van der Waals surface area (Å²) >= 11 is 4.04. The van der Waals surface area contributed by atoms with Crippen LogP contribution in [0.25, 0.3) is 0 Å². The van der Waals surface area contributed by atoms with Crippen LogP contribution in [0.15, 0.2) is 30.3 Å². The van der Waals surface area contributed by atoms with Crippen LogP contribution in [0.2, 0.25) is 0 Å². The fraction of sp³-hybridized carbons (Fsp3) is 0.500. The highest BCUT2D eigenvalue weighted by molar-refractivity contribution is 7.80. The van der Waals surface area contributed by atoms with Crippen LogP contribution >= 0.6 is 12.6 Å². The van der Waals surface area contributed by atoms with E-state index in [4.69, 9.17) is 9.47 Å². The van der Waals surface area contributed by atoms with E-state index in [2.05, 4.69) is 12.6 Å². The van der Waals surface area contributed by atoms with Crippen LogP contribution in [0.4, 0.5) is 0 Å². The molecule has 0 saturated carbocycles. The highest BCUT2D eigenvalue weighted by Crippen LogP contribution is 2.23. The average Bonchev–Trinajstić information content (AvgIpc) is 2.65. The quantitative estimate of drug-likeness (QED) is 0.690. The molecule has 1 aromatic rings. The Morgan fingerprint density at radius 2 is 1.88 bits per heavy atom. The van der Waals surface area contributed by atoms with Gasteiger partial charge in [-0.1, -0.05) is 30.3 Å². The second kappa shape index (κ2) is 5.84. The Bertz CT molecular complexity index is 346. The highest BCUT2D eigenvalue weighted by atomic mass is 32.1. The lowest BCUT2D eigenvalue weighted by Crippen LogP contribution is -2.33. The van der Waals surface area contributed by atoms with Gasteiger partial charge >= 0.3 is 0 Å². The molecular formula is C12H16O4S. The second-order valence-electron chi connectivity index (χ2n) is 4.00. The first-order valence-corrected chi connectivity index (χ1v) is 6.13. The minimum Gasteiger partial charge on any atom is -0.387 e. The molecule has 0 amide bonds. The Balaban J connectivity index is 1.88. The van der Waals surface area contributed by atoms with Gasteiger partial charge in [0.05, 0.1) is 12.7 Å². The van der Waals surface area contributed by atoms with Gasteiger partial charge in [0.15, 0.2) is 6.29 Å². The molecule has 1 aliphatic heterocycles. The van der Waals surface area contributed by atoms with Crippen molar-refractivity contribution < 1.29 is 19.7 Å². The molecule has 0 spiro atoms. The van der Waals surface area contributed by atoms with Crippen LogP contribution in [-0.4, -0.2) is 40.6 Å². The van der Waals surface area contributed by atoms with Crippen LogP contribution in [0, 0.1) is 0 Å². The van der Waals surface area contributed by atoms with Gasteiger partial charge in [-0.2, -0.15) is 12.6 Å². The molecule has 94 valence electrons. The molecule has 5 heteroatoms. The van der Waals surface area contributed by atoms with Crippen molar-refractivity contribution in [1.29, 1.82) is 0 Å². The number of aliphatic hydroxyl groups excluding tert-OH is 2. The molecule has 0 unspecified atom stereocenters. The number of aliphatic hydroxyl groups is 2. The van der Waals surface area contributed by atoms with E-state index in [1.807, 2.05) is 30.3 Å². The van der Waals surface area contributed by atoms with Crippen molar-refractivity contribution in [2.75, 3.05) is 5.75 Å². The topological polar surface area (TPSA) is 58.9 Å². The minimum absolute atomic E-state index is 0.342. The molecule has 1 heterocycles. The summed E-state index contributed by atoms with van der Waals surface area (Å²) in [5, 5.41) is 19.3. The van der Waals surface area contributed by atoms with E-state index >= 15 is 0 Å². The third kappa shape index (κ3) is 3.00. The van der Waals surface area contributed by atoms with Crippen molar-refractivity contribution in [3.8, 4) is 0 Å². The van der Waals surface area contributed by atoms with E-state index in [1.54, 1.807) is 0 Å². The molecule has 0 radical (unpaired) electrons. The molecule has 2 rings (SSSR count). The van der Waals surface area contributed by atoms with Crippen molar-refractivity contribution in [2.24, 2.45) is 0 Å². The summed E-state index contributed by atoms with van der Waals surface area (Å²) in [6.07, 6.45) is -3.22. The van der Waals surface area contributed by atoms with E-state index in [0.717, 1.165) is 5.56 Å². The standard InChI is InChI=1S/C12H16O4S/c13-10-9(7-17)16-12(11(10)14)15-6-8-4-2-1-3-5-8/h1-5,9-14,17H,6-7H2/t9-,10-,11+,12+/m0/s1. The molecule has 1 aromatic carbocycles. The SMILES string of the molecule is O[C@@H]1[C@@H](O)[C@H](OCc2ccccc2)O[C@H]1CS. The molecule has 1 fully saturated rings. The molecule has 4 atom stereocenters. The maximum Gasteiger partial charge on any atom is 0.186 e. The van der Waals surface area contributed by atoms with Crippen LogP contribution < -0.4 is 0 Å². The normalized spacial score (nSPS) is 32.9. The molecule has 17 heavy (non-hydrogen) atoms. The van der Waals surface area contributed by atoms with E-state index in [0.29, 0.717) is 12.4 Å². The van der Waals surface area contributed by atoms with E-state index in [-0.39, 0.29) is 0 Å². The zero-order chi connectivity index (χ0) is 12.3. The average molecular weight is 256 g/mol. The van der Waals surface area contributed by atoms with Gasteiger partial charge < -0.3 is 19.7 Å². The molecule has 1 aliphatic rings. The van der Waals surface area contributed by atoms with Crippen molar-refractivity contribution in [3.05, 3.63) is 35.9 Å². The van der Waals surface area contributed by atoms with Crippen LogP contribution in [-0.2, 0) is 16.1 Å². The highest BCUT2D eigenvalue weighted by Gasteiger charge is 2.42. The number of benzene rings is 1. The summed E-state index contributed by atoms with van der Waals surface area (Å²) in [6, 6.07) is 9.60. The molecule has 0 aromatic heterocycles. The van der Waals surface area contributed by atoms with Crippen molar-refractivity contribution in [3.63, 3.8) is 0 Å². The van der Waals surface area contributed by atoms with Gasteiger partial charge in [-0.25, -0.2) is 0 Å². The van der Waals surface area contributed by atoms with Crippen molar-refractivity contribution >= 4 is 12.6 Å². The van der Waals surface area contributed by atoms with Gasteiger partial charge in [0.25, 0.3) is 0 Å². The molecule has 2 N–H and O–H groups in total. The van der Waals surface area contributed by atoms with Crippen molar-refractivity contribution in [1.82, 2.24) is 0 Å². The number of thiol groups is 1. The Morgan fingerprint density at radius 3 is 2.47 bits per heavy atom. The van der Waals surface area contributed by atoms with Gasteiger partial charge in [0, 0.05) is 5.75 Å². The zero-order valence-corrected chi connectivity index (χ0v) is 10.2. The Hall–Kier alpha value is -0.590. The maximum absolute atomic E-state index is 9.70. The third-order valence-corrected chi connectivity index (χ3v) is 3.12. The molecule has 0 bridgehead atoms. The van der Waals surface area contributed by atoms with Gasteiger partial charge in [-0.05, 0) is 5.56 Å². The van der Waals surface area contributed by atoms with Crippen molar-refractivity contribution in [2.45, 2.75) is 31.2 Å². The fourth-order valence-corrected chi connectivity index (χ4v) is 2.06. The Kier molecular flexibility index (Phi) is 4.42. The molecule has 0 aliphatic carbocycles. The lowest BCUT2D eigenvalue weighted by atomic mass is 10.1. The van der Waals surface area contributed by atoms with E-state index in [1.165, 1.54) is 0 Å². The number of hydrogen-bond donors (Lipinski definition) is 3. The van der Waals surface area contributed by atoms with Crippen LogP contribution in [0.3, 0.4) is 0 Å². The zero-order valence-electron chi connectivity index (χ0n) is 9.27. The summed E-state index contributed by atoms with van der Waals surface area (Å²) in [5.74, 6) is 0.351. The van der Waals surface area contributed by atoms with E-state index in [9.17, 15) is 10.2 Å². The van der Waals surface area contributed by atoms with Crippen LogP contribution in [0.1, 0.15) is 5.56 Å². The molecule has 1 saturated heterocycles. The monoisotopic (exact) mass is 256 g/mol. The van der Waals surface area contributed by atoms with E-state index < -0.39 is 24.6 Å². The summed E-state index contributed by atoms with van der Waals surface area (Å²) in [5.41, 5.74) is 0.993. The largest absolute Gasteiger partial charge is 0.387 e. The molecular weight excluding hydrogens is 240 g/mol. The lowest BCUT2D eigenvalue weighted by molar-refractivity contribution is -0.169. The number of rotatable bonds is 4. The summed E-state index contributed by atoms with van der Waals surface area (Å²) in [4.78, 5) is 0. The second-order valence-corrected chi connectivity index (χ2v) is 4.37. The first-order chi connectivity index (χ1) is 8.22. The fourth-order valence-electron chi connectivity index (χ4n) is 1.76. The third-order valence-electron chi connectivity index (χ3n) is 2.76. The summed E-state index contributed by atoms with van der Waals surface area (Å²) in [7, 11) is 0. The molecule has 4 nitrogen and oxygen atoms in total. The predicted molar refractivity (Wildman–Crippen MR) is 65.8 cm³/mol. The van der Waals surface area contributed by atoms with Gasteiger partial charge in [-0.15, -0.1) is 0 Å². The number of hydrogen-bond acceptors (Lipinski definition) is 5. The summed E-state index contributed by atoms with van der Waals surface area (Å²) in [6.45, 7) is 0.342. The van der Waals surface area contributed by atoms with Gasteiger partial charge in [0.2, 0.25) is 0 Å². The smallest absolute Gasteiger partial charge is 0.186 e. The predicted octanol–water partition coefficient (Wildman–Crippen LogP) is 0.580. The minimum atomic E-state index is -1.02. The van der Waals surface area contributed by atoms with Crippen LogP contribution in [0.5, 0.6) is 0 Å². The van der Waals surface area contributed by atoms with Gasteiger partial charge in [-0.3, -0.25) is 0 Å². The number of ether oxygens (including phenoxy) is 2. The Labute approximate surface area is 106 Å². The maximum atomic E-state index is 9.70. The lowest BCUT2D eigenvalue weighted by Gasteiger charge is -2.15. The Morgan fingerprint density at radius 1 is 1.18 bits per heavy atom. The first-order valence-electron chi connectivity index (χ1n) is 5.50.